The van der Waals surface area contributed by atoms with Gasteiger partial charge < -0.3 is 14.7 Å². The molecule has 2 N–H and O–H groups in total. The van der Waals surface area contributed by atoms with E-state index in [9.17, 15) is 4.39 Å². The molecule has 3 aromatic rings. The van der Waals surface area contributed by atoms with E-state index in [1.165, 1.54) is 17.7 Å². The molecule has 2 aromatic carbocycles. The average molecular weight is 413 g/mol. The van der Waals surface area contributed by atoms with E-state index in [1.54, 1.807) is 0 Å². The largest absolute Gasteiger partial charge is 0.473 e. The number of aliphatic carboxylic acids is 2. The van der Waals surface area contributed by atoms with Gasteiger partial charge in [0.25, 0.3) is 0 Å². The fraction of sp³-hybridized carbons (Fsp3) is 0.238. The Morgan fingerprint density at radius 2 is 1.63 bits per heavy atom. The fourth-order valence-corrected chi connectivity index (χ4v) is 2.99. The second-order valence-electron chi connectivity index (χ2n) is 6.84. The number of carbonyl (C=O) groups is 2. The van der Waals surface area contributed by atoms with Crippen LogP contribution < -0.4 is 0 Å². The van der Waals surface area contributed by atoms with Gasteiger partial charge in [0, 0.05) is 26.1 Å². The summed E-state index contributed by atoms with van der Waals surface area (Å²) in [4.78, 5) is 25.0. The number of hydrogen-bond acceptors (Lipinski definition) is 6. The number of hydrogen-bond donors (Lipinski definition) is 2. The van der Waals surface area contributed by atoms with Crippen LogP contribution >= 0.6 is 0 Å². The Bertz CT molecular complexity index is 973. The summed E-state index contributed by atoms with van der Waals surface area (Å²) in [6.07, 6.45) is 0.691. The van der Waals surface area contributed by atoms with Crippen LogP contribution in [0.5, 0.6) is 0 Å². The van der Waals surface area contributed by atoms with Gasteiger partial charge >= 0.3 is 11.9 Å². The van der Waals surface area contributed by atoms with Gasteiger partial charge in [-0.05, 0) is 23.3 Å². The van der Waals surface area contributed by atoms with Gasteiger partial charge in [-0.1, -0.05) is 47.6 Å². The van der Waals surface area contributed by atoms with Gasteiger partial charge in [0.05, 0.1) is 5.92 Å². The van der Waals surface area contributed by atoms with Crippen molar-refractivity contribution in [1.82, 2.24) is 15.0 Å². The number of nitrogens with zero attached hydrogens (tertiary/aromatic N) is 3. The van der Waals surface area contributed by atoms with Crippen molar-refractivity contribution < 1.29 is 28.7 Å². The SMILES string of the molecule is Fc1ccc(CN2CC(c3nc(Cc4ccccc4)no3)C2)cc1.O=C(O)C(=O)O. The number of carboxylic acids is 2. The summed E-state index contributed by atoms with van der Waals surface area (Å²) in [5.74, 6) is -2.10. The molecule has 1 aliphatic rings. The van der Waals surface area contributed by atoms with Crippen LogP contribution in [0, 0.1) is 5.82 Å². The van der Waals surface area contributed by atoms with E-state index in [0.717, 1.165) is 36.9 Å². The maximum atomic E-state index is 12.9. The molecule has 2 heterocycles. The number of carboxylic acid groups (broad SMARTS) is 2. The Morgan fingerprint density at radius 1 is 1.00 bits per heavy atom. The van der Waals surface area contributed by atoms with Crippen molar-refractivity contribution in [2.24, 2.45) is 0 Å². The monoisotopic (exact) mass is 413 g/mol. The molecule has 1 aromatic heterocycles. The zero-order valence-electron chi connectivity index (χ0n) is 15.9. The van der Waals surface area contributed by atoms with Crippen LogP contribution in [0.2, 0.25) is 0 Å². The van der Waals surface area contributed by atoms with Crippen molar-refractivity contribution in [2.75, 3.05) is 13.1 Å². The lowest BCUT2D eigenvalue weighted by Gasteiger charge is -2.37. The summed E-state index contributed by atoms with van der Waals surface area (Å²) in [5, 5.41) is 18.9. The quantitative estimate of drug-likeness (QED) is 0.613. The summed E-state index contributed by atoms with van der Waals surface area (Å²) in [7, 11) is 0. The molecule has 30 heavy (non-hydrogen) atoms. The van der Waals surface area contributed by atoms with Gasteiger partial charge in [-0.25, -0.2) is 14.0 Å². The van der Waals surface area contributed by atoms with E-state index < -0.39 is 11.9 Å². The van der Waals surface area contributed by atoms with Crippen molar-refractivity contribution in [3.8, 4) is 0 Å². The summed E-state index contributed by atoms with van der Waals surface area (Å²) in [6.45, 7) is 2.61. The lowest BCUT2D eigenvalue weighted by atomic mass is 9.99. The predicted molar refractivity (Wildman–Crippen MR) is 103 cm³/mol. The van der Waals surface area contributed by atoms with Gasteiger partial charge in [-0.2, -0.15) is 4.98 Å². The smallest absolute Gasteiger partial charge is 0.414 e. The van der Waals surface area contributed by atoms with Crippen LogP contribution in [0.15, 0.2) is 59.1 Å². The van der Waals surface area contributed by atoms with Gasteiger partial charge in [-0.15, -0.1) is 0 Å². The minimum Gasteiger partial charge on any atom is -0.473 e. The maximum Gasteiger partial charge on any atom is 0.414 e. The van der Waals surface area contributed by atoms with E-state index in [2.05, 4.69) is 27.2 Å². The third kappa shape index (κ3) is 5.95. The van der Waals surface area contributed by atoms with Gasteiger partial charge in [0.1, 0.15) is 5.82 Å². The highest BCUT2D eigenvalue weighted by molar-refractivity contribution is 6.27. The van der Waals surface area contributed by atoms with E-state index in [-0.39, 0.29) is 5.82 Å². The lowest BCUT2D eigenvalue weighted by molar-refractivity contribution is -0.159. The molecule has 0 unspecified atom stereocenters. The van der Waals surface area contributed by atoms with E-state index in [1.807, 2.05) is 30.3 Å². The molecule has 0 radical (unpaired) electrons. The molecule has 0 spiro atoms. The Kier molecular flexibility index (Phi) is 6.87. The van der Waals surface area contributed by atoms with Crippen LogP contribution in [-0.4, -0.2) is 50.3 Å². The molecule has 4 rings (SSSR count). The molecular formula is C21H20FN3O5. The van der Waals surface area contributed by atoms with Crippen LogP contribution in [-0.2, 0) is 22.6 Å². The molecule has 0 saturated carbocycles. The van der Waals surface area contributed by atoms with E-state index in [4.69, 9.17) is 24.3 Å². The summed E-state index contributed by atoms with van der Waals surface area (Å²) in [6, 6.07) is 16.8. The summed E-state index contributed by atoms with van der Waals surface area (Å²) >= 11 is 0. The molecule has 156 valence electrons. The topological polar surface area (TPSA) is 117 Å². The zero-order chi connectivity index (χ0) is 21.5. The second-order valence-corrected chi connectivity index (χ2v) is 6.84. The molecule has 0 atom stereocenters. The molecule has 0 bridgehead atoms. The number of likely N-dealkylation sites (tertiary alicyclic amines) is 1. The first-order valence-electron chi connectivity index (χ1n) is 9.20. The van der Waals surface area contributed by atoms with Crippen molar-refractivity contribution in [1.29, 1.82) is 0 Å². The third-order valence-electron chi connectivity index (χ3n) is 4.50. The van der Waals surface area contributed by atoms with Gasteiger partial charge in [0.15, 0.2) is 5.82 Å². The van der Waals surface area contributed by atoms with Crippen molar-refractivity contribution in [2.45, 2.75) is 18.9 Å². The Morgan fingerprint density at radius 3 is 2.23 bits per heavy atom. The molecule has 0 amide bonds. The van der Waals surface area contributed by atoms with Crippen molar-refractivity contribution in [3.63, 3.8) is 0 Å². The highest BCUT2D eigenvalue weighted by Gasteiger charge is 2.32. The minimum atomic E-state index is -1.82. The summed E-state index contributed by atoms with van der Waals surface area (Å²) in [5.41, 5.74) is 2.29. The molecule has 0 aliphatic carbocycles. The van der Waals surface area contributed by atoms with Crippen molar-refractivity contribution >= 4 is 11.9 Å². The summed E-state index contributed by atoms with van der Waals surface area (Å²) < 4.78 is 18.3. The minimum absolute atomic E-state index is 0.197. The Labute approximate surface area is 171 Å². The van der Waals surface area contributed by atoms with Gasteiger partial charge in [-0.3, -0.25) is 4.90 Å². The van der Waals surface area contributed by atoms with Crippen LogP contribution in [0.4, 0.5) is 4.39 Å². The molecule has 1 fully saturated rings. The predicted octanol–water partition coefficient (Wildman–Crippen LogP) is 2.55. The third-order valence-corrected chi connectivity index (χ3v) is 4.50. The lowest BCUT2D eigenvalue weighted by Crippen LogP contribution is -2.44. The molecule has 1 saturated heterocycles. The van der Waals surface area contributed by atoms with E-state index in [0.29, 0.717) is 12.3 Å². The van der Waals surface area contributed by atoms with Crippen LogP contribution in [0.1, 0.15) is 28.8 Å². The Hall–Kier alpha value is -3.59. The number of benzene rings is 2. The normalized spacial score (nSPS) is 13.8. The average Bonchev–Trinajstić information content (AvgIpc) is 3.15. The molecule has 1 aliphatic heterocycles. The zero-order valence-corrected chi connectivity index (χ0v) is 15.9. The van der Waals surface area contributed by atoms with Crippen molar-refractivity contribution in [3.05, 3.63) is 83.3 Å². The first kappa shape index (κ1) is 21.1. The molecular weight excluding hydrogens is 393 g/mol. The van der Waals surface area contributed by atoms with Crippen LogP contribution in [0.25, 0.3) is 0 Å². The Balaban J connectivity index is 0.000000377. The maximum absolute atomic E-state index is 12.9. The number of rotatable bonds is 5. The number of aromatic nitrogens is 2. The first-order valence-corrected chi connectivity index (χ1v) is 9.20. The molecule has 8 nitrogen and oxygen atoms in total. The van der Waals surface area contributed by atoms with E-state index >= 15 is 0 Å². The van der Waals surface area contributed by atoms with Crippen LogP contribution in [0.3, 0.4) is 0 Å². The standard InChI is InChI=1S/C19H18FN3O.C2H2O4/c20-17-8-6-15(7-9-17)11-23-12-16(13-23)19-21-18(22-24-19)10-14-4-2-1-3-5-14;3-1(4)2(5)6/h1-9,16H,10-13H2;(H,3,4)(H,5,6). The second kappa shape index (κ2) is 9.75. The first-order chi connectivity index (χ1) is 14.4. The highest BCUT2D eigenvalue weighted by atomic mass is 19.1. The number of halogens is 1. The fourth-order valence-electron chi connectivity index (χ4n) is 2.99. The highest BCUT2D eigenvalue weighted by Crippen LogP contribution is 2.27. The molecule has 9 heteroatoms. The van der Waals surface area contributed by atoms with Gasteiger partial charge in [0.2, 0.25) is 5.89 Å².